The van der Waals surface area contributed by atoms with Crippen molar-refractivity contribution in [1.29, 1.82) is 0 Å². The highest BCUT2D eigenvalue weighted by Gasteiger charge is 2.31. The fourth-order valence-electron chi connectivity index (χ4n) is 3.20. The molecule has 0 aliphatic carbocycles. The second kappa shape index (κ2) is 9.13. The van der Waals surface area contributed by atoms with Crippen molar-refractivity contribution in [2.75, 3.05) is 7.11 Å². The number of methoxy groups -OCH3 is 1. The maximum Gasteiger partial charge on any atom is 0.339 e. The van der Waals surface area contributed by atoms with Crippen molar-refractivity contribution in [1.82, 2.24) is 9.55 Å². The molecule has 0 radical (unpaired) electrons. The Labute approximate surface area is 205 Å². The number of hydrogen-bond donors (Lipinski definition) is 0. The highest BCUT2D eigenvalue weighted by molar-refractivity contribution is 9.10. The lowest BCUT2D eigenvalue weighted by Gasteiger charge is -2.15. The van der Waals surface area contributed by atoms with Crippen LogP contribution < -0.4 is 14.5 Å². The summed E-state index contributed by atoms with van der Waals surface area (Å²) in [5.41, 5.74) is -0.792. The molecule has 188 valence electrons. The Bertz CT molecular complexity index is 1700. The molecular formula is C21H9BrF6N2O5S. The van der Waals surface area contributed by atoms with Gasteiger partial charge in [-0.2, -0.15) is 17.2 Å². The van der Waals surface area contributed by atoms with E-state index >= 15 is 0 Å². The van der Waals surface area contributed by atoms with E-state index in [0.717, 1.165) is 34.9 Å². The zero-order valence-electron chi connectivity index (χ0n) is 17.5. The molecule has 15 heteroatoms. The first kappa shape index (κ1) is 25.5. The average Bonchev–Trinajstić information content (AvgIpc) is 2.85. The molecule has 0 unspecified atom stereocenters. The standard InChI is InChI=1S/C21H9BrF6N2O5S/c1-34-21-12(7-10(23)20(22)29-21)30-11-4-3-9(6-8(11)2-5-13(30)31)36(32,33)35-19-17(27)15(25)14(24)16(26)18(19)28/h2-7H,1H3. The molecule has 36 heavy (non-hydrogen) atoms. The van der Waals surface area contributed by atoms with Crippen molar-refractivity contribution in [2.24, 2.45) is 0 Å². The van der Waals surface area contributed by atoms with E-state index in [1.807, 2.05) is 0 Å². The lowest BCUT2D eigenvalue weighted by molar-refractivity contribution is 0.346. The highest BCUT2D eigenvalue weighted by atomic mass is 79.9. The van der Waals surface area contributed by atoms with Gasteiger partial charge in [-0.3, -0.25) is 9.36 Å². The van der Waals surface area contributed by atoms with Crippen LogP contribution >= 0.6 is 15.9 Å². The van der Waals surface area contributed by atoms with Crippen molar-refractivity contribution in [3.05, 3.63) is 86.3 Å². The van der Waals surface area contributed by atoms with Crippen molar-refractivity contribution in [2.45, 2.75) is 4.90 Å². The van der Waals surface area contributed by atoms with Crippen LogP contribution in [-0.4, -0.2) is 25.1 Å². The van der Waals surface area contributed by atoms with Gasteiger partial charge in [0.2, 0.25) is 40.7 Å². The molecule has 4 rings (SSSR count). The maximum absolute atomic E-state index is 14.2. The summed E-state index contributed by atoms with van der Waals surface area (Å²) in [7, 11) is -3.92. The van der Waals surface area contributed by atoms with Crippen LogP contribution in [0.1, 0.15) is 0 Å². The molecule has 0 saturated heterocycles. The number of ether oxygens (including phenoxy) is 1. The van der Waals surface area contributed by atoms with E-state index in [9.17, 15) is 39.6 Å². The van der Waals surface area contributed by atoms with Gasteiger partial charge in [0.1, 0.15) is 15.2 Å². The van der Waals surface area contributed by atoms with Gasteiger partial charge in [-0.25, -0.2) is 22.5 Å². The van der Waals surface area contributed by atoms with E-state index < -0.39 is 61.2 Å². The first-order valence-corrected chi connectivity index (χ1v) is 11.6. The Hall–Kier alpha value is -3.59. The van der Waals surface area contributed by atoms with Crippen LogP contribution in [0.5, 0.6) is 11.6 Å². The molecule has 7 nitrogen and oxygen atoms in total. The van der Waals surface area contributed by atoms with Crippen LogP contribution in [0.4, 0.5) is 26.3 Å². The Morgan fingerprint density at radius 2 is 1.50 bits per heavy atom. The van der Waals surface area contributed by atoms with Crippen LogP contribution in [-0.2, 0) is 10.1 Å². The molecule has 0 aliphatic rings. The van der Waals surface area contributed by atoms with Crippen molar-refractivity contribution >= 4 is 37.0 Å². The number of fused-ring (bicyclic) bond motifs is 1. The summed E-state index contributed by atoms with van der Waals surface area (Å²) in [6, 6.07) is 5.94. The van der Waals surface area contributed by atoms with Gasteiger partial charge in [-0.05, 0) is 40.2 Å². The Kier molecular flexibility index (Phi) is 6.47. The first-order chi connectivity index (χ1) is 16.9. The van der Waals surface area contributed by atoms with E-state index in [2.05, 4.69) is 25.1 Å². The molecule has 2 aromatic heterocycles. The fourth-order valence-corrected chi connectivity index (χ4v) is 4.44. The second-order valence-electron chi connectivity index (χ2n) is 6.95. The smallest absolute Gasteiger partial charge is 0.339 e. The summed E-state index contributed by atoms with van der Waals surface area (Å²) in [4.78, 5) is 15.7. The predicted molar refractivity (Wildman–Crippen MR) is 116 cm³/mol. The third kappa shape index (κ3) is 4.17. The Morgan fingerprint density at radius 1 is 0.889 bits per heavy atom. The molecular weight excluding hydrogens is 586 g/mol. The molecule has 4 aromatic rings. The number of halogens is 7. The highest BCUT2D eigenvalue weighted by Crippen LogP contribution is 2.32. The van der Waals surface area contributed by atoms with Crippen LogP contribution in [0.25, 0.3) is 16.6 Å². The minimum absolute atomic E-state index is 0.0273. The molecule has 0 fully saturated rings. The summed E-state index contributed by atoms with van der Waals surface area (Å²) in [6.07, 6.45) is 0. The molecule has 0 aliphatic heterocycles. The summed E-state index contributed by atoms with van der Waals surface area (Å²) in [6.45, 7) is 0. The zero-order chi connectivity index (χ0) is 26.5. The monoisotopic (exact) mass is 594 g/mol. The second-order valence-corrected chi connectivity index (χ2v) is 9.25. The largest absolute Gasteiger partial charge is 0.479 e. The van der Waals surface area contributed by atoms with Crippen LogP contribution in [0.2, 0.25) is 0 Å². The predicted octanol–water partition coefficient (Wildman–Crippen LogP) is 4.76. The number of hydrogen-bond acceptors (Lipinski definition) is 6. The van der Waals surface area contributed by atoms with Gasteiger partial charge in [0.25, 0.3) is 5.56 Å². The van der Waals surface area contributed by atoms with Gasteiger partial charge in [-0.1, -0.05) is 0 Å². The van der Waals surface area contributed by atoms with E-state index in [-0.39, 0.29) is 27.1 Å². The SMILES string of the molecule is COc1nc(Br)c(F)cc1-n1c(=O)ccc2cc(S(=O)(=O)Oc3c(F)c(F)c(F)c(F)c3F)ccc21. The van der Waals surface area contributed by atoms with Crippen LogP contribution in [0.3, 0.4) is 0 Å². The lowest BCUT2D eigenvalue weighted by atomic mass is 10.2. The molecule has 0 N–H and O–H groups in total. The number of nitrogens with zero attached hydrogens (tertiary/aromatic N) is 2. The molecule has 0 bridgehead atoms. The van der Waals surface area contributed by atoms with Crippen molar-refractivity contribution in [3.63, 3.8) is 0 Å². The molecule has 0 amide bonds. The van der Waals surface area contributed by atoms with E-state index in [0.29, 0.717) is 0 Å². The number of aromatic nitrogens is 2. The third-order valence-electron chi connectivity index (χ3n) is 4.83. The molecule has 2 heterocycles. The minimum Gasteiger partial charge on any atom is -0.479 e. The van der Waals surface area contributed by atoms with Gasteiger partial charge < -0.3 is 8.92 Å². The number of rotatable bonds is 5. The summed E-state index contributed by atoms with van der Waals surface area (Å²) >= 11 is 2.89. The van der Waals surface area contributed by atoms with Crippen LogP contribution in [0, 0.1) is 34.9 Å². The third-order valence-corrected chi connectivity index (χ3v) is 6.60. The van der Waals surface area contributed by atoms with Gasteiger partial charge >= 0.3 is 10.1 Å². The molecule has 0 atom stereocenters. The Morgan fingerprint density at radius 3 is 2.11 bits per heavy atom. The van der Waals surface area contributed by atoms with Gasteiger partial charge in [0, 0.05) is 17.5 Å². The van der Waals surface area contributed by atoms with Crippen molar-refractivity contribution < 1.29 is 43.7 Å². The Balaban J connectivity index is 1.87. The normalized spacial score (nSPS) is 11.7. The quantitative estimate of drug-likeness (QED) is 0.109. The summed E-state index contributed by atoms with van der Waals surface area (Å²) in [5.74, 6) is -15.3. The fraction of sp³-hybridized carbons (Fsp3) is 0.0476. The lowest BCUT2D eigenvalue weighted by Crippen LogP contribution is -2.19. The number of pyridine rings is 2. The summed E-state index contributed by atoms with van der Waals surface area (Å²) in [5, 5.41) is 0.0297. The van der Waals surface area contributed by atoms with E-state index in [1.165, 1.54) is 13.2 Å². The average molecular weight is 595 g/mol. The van der Waals surface area contributed by atoms with Crippen molar-refractivity contribution in [3.8, 4) is 17.3 Å². The zero-order valence-corrected chi connectivity index (χ0v) is 19.9. The molecule has 0 saturated carbocycles. The minimum atomic E-state index is -5.14. The molecule has 0 spiro atoms. The topological polar surface area (TPSA) is 87.5 Å². The first-order valence-electron chi connectivity index (χ1n) is 9.39. The van der Waals surface area contributed by atoms with Gasteiger partial charge in [0.15, 0.2) is 5.82 Å². The van der Waals surface area contributed by atoms with E-state index in [1.54, 1.807) is 0 Å². The molecule has 2 aromatic carbocycles. The maximum atomic E-state index is 14.2. The van der Waals surface area contributed by atoms with Gasteiger partial charge in [-0.15, -0.1) is 0 Å². The van der Waals surface area contributed by atoms with Gasteiger partial charge in [0.05, 0.1) is 12.6 Å². The van der Waals surface area contributed by atoms with E-state index in [4.69, 9.17) is 4.74 Å². The van der Waals surface area contributed by atoms with Crippen LogP contribution in [0.15, 0.2) is 50.7 Å². The summed E-state index contributed by atoms with van der Waals surface area (Å²) < 4.78 is 117. The number of benzene rings is 2.